The van der Waals surface area contributed by atoms with Crippen LogP contribution in [-0.4, -0.2) is 18.5 Å². The van der Waals surface area contributed by atoms with Crippen molar-refractivity contribution in [2.45, 2.75) is 25.5 Å². The predicted octanol–water partition coefficient (Wildman–Crippen LogP) is 1.93. The summed E-state index contributed by atoms with van der Waals surface area (Å²) >= 11 is 0. The van der Waals surface area contributed by atoms with E-state index >= 15 is 0 Å². The van der Waals surface area contributed by atoms with Gasteiger partial charge in [-0.3, -0.25) is 0 Å². The van der Waals surface area contributed by atoms with Gasteiger partial charge in [-0.2, -0.15) is 0 Å². The molecule has 0 aromatic carbocycles. The van der Waals surface area contributed by atoms with Crippen molar-refractivity contribution in [1.82, 2.24) is 0 Å². The summed E-state index contributed by atoms with van der Waals surface area (Å²) < 4.78 is 5.21. The van der Waals surface area contributed by atoms with Crippen LogP contribution >= 0.6 is 0 Å². The van der Waals surface area contributed by atoms with E-state index in [4.69, 9.17) is 4.74 Å². The number of hydrogen-bond donors (Lipinski definition) is 0. The Labute approximate surface area is 67.3 Å². The first kappa shape index (κ1) is 8.05. The minimum atomic E-state index is 0.0763. The summed E-state index contributed by atoms with van der Waals surface area (Å²) in [5.74, 6) is 0. The molecule has 0 aliphatic carbocycles. The summed E-state index contributed by atoms with van der Waals surface area (Å²) in [5, 5.41) is 0. The van der Waals surface area contributed by atoms with E-state index in [9.17, 15) is 0 Å². The van der Waals surface area contributed by atoms with E-state index in [0.717, 1.165) is 6.42 Å². The van der Waals surface area contributed by atoms with E-state index in [1.54, 1.807) is 6.08 Å². The van der Waals surface area contributed by atoms with Gasteiger partial charge in [-0.05, 0) is 12.5 Å². The zero-order valence-corrected chi connectivity index (χ0v) is 6.73. The molecule has 0 saturated heterocycles. The van der Waals surface area contributed by atoms with Crippen molar-refractivity contribution in [3.05, 3.63) is 24.8 Å². The summed E-state index contributed by atoms with van der Waals surface area (Å²) in [6.07, 6.45) is 8.51. The average molecular weight is 151 g/mol. The first-order valence-electron chi connectivity index (χ1n) is 3.84. The fourth-order valence-electron chi connectivity index (χ4n) is 0.965. The van der Waals surface area contributed by atoms with Crippen LogP contribution in [-0.2, 0) is 4.74 Å². The summed E-state index contributed by atoms with van der Waals surface area (Å²) in [7, 11) is 0. The van der Waals surface area contributed by atoms with E-state index in [0.29, 0.717) is 0 Å². The Morgan fingerprint density at radius 2 is 2.55 bits per heavy atom. The molecule has 0 saturated carbocycles. The summed E-state index contributed by atoms with van der Waals surface area (Å²) in [5.41, 5.74) is 0. The van der Waals surface area contributed by atoms with Gasteiger partial charge in [-0.25, -0.2) is 4.99 Å². The largest absolute Gasteiger partial charge is 0.474 e. The molecule has 11 heavy (non-hydrogen) atoms. The summed E-state index contributed by atoms with van der Waals surface area (Å²) in [6.45, 7) is 5.77. The van der Waals surface area contributed by atoms with Crippen LogP contribution in [0.15, 0.2) is 29.8 Å². The van der Waals surface area contributed by atoms with Crippen LogP contribution in [0.25, 0.3) is 0 Å². The van der Waals surface area contributed by atoms with Gasteiger partial charge in [0.05, 0.1) is 0 Å². The van der Waals surface area contributed by atoms with Gasteiger partial charge in [0.2, 0.25) is 0 Å². The smallest absolute Gasteiger partial charge is 0.171 e. The van der Waals surface area contributed by atoms with Crippen molar-refractivity contribution in [3.8, 4) is 0 Å². The second-order valence-corrected chi connectivity index (χ2v) is 2.42. The first-order chi connectivity index (χ1) is 5.38. The van der Waals surface area contributed by atoms with Gasteiger partial charge < -0.3 is 4.74 Å². The number of rotatable bonds is 3. The third-order valence-corrected chi connectivity index (χ3v) is 1.59. The van der Waals surface area contributed by atoms with Crippen molar-refractivity contribution < 1.29 is 4.74 Å². The van der Waals surface area contributed by atoms with Crippen LogP contribution in [0, 0.1) is 0 Å². The second-order valence-electron chi connectivity index (χ2n) is 2.42. The highest BCUT2D eigenvalue weighted by molar-refractivity contribution is 5.51. The fraction of sp³-hybridized carbons (Fsp3) is 0.444. The molecule has 0 aromatic heterocycles. The van der Waals surface area contributed by atoms with E-state index < -0.39 is 0 Å². The Balaban J connectivity index is 2.47. The Hall–Kier alpha value is -1.05. The molecule has 0 N–H and O–H groups in total. The maximum atomic E-state index is 5.21. The van der Waals surface area contributed by atoms with Crippen LogP contribution in [0.3, 0.4) is 0 Å². The molecule has 0 spiro atoms. The van der Waals surface area contributed by atoms with Crippen molar-refractivity contribution in [2.75, 3.05) is 0 Å². The molecule has 1 aliphatic heterocycles. The number of aliphatic imine (C=N–C) groups is 1. The first-order valence-corrected chi connectivity index (χ1v) is 3.84. The molecule has 0 bridgehead atoms. The average Bonchev–Trinajstić information content (AvgIpc) is 2.47. The molecule has 0 amide bonds. The van der Waals surface area contributed by atoms with Gasteiger partial charge in [0.15, 0.2) is 6.40 Å². The molecule has 1 heterocycles. The van der Waals surface area contributed by atoms with Gasteiger partial charge in [-0.1, -0.05) is 19.1 Å². The molecule has 0 fully saturated rings. The van der Waals surface area contributed by atoms with Crippen LogP contribution in [0.4, 0.5) is 0 Å². The van der Waals surface area contributed by atoms with Gasteiger partial charge in [0, 0.05) is 0 Å². The molecule has 60 valence electrons. The highest BCUT2D eigenvalue weighted by Crippen LogP contribution is 2.11. The summed E-state index contributed by atoms with van der Waals surface area (Å²) in [6, 6.07) is 0.109. The Morgan fingerprint density at radius 1 is 1.73 bits per heavy atom. The quantitative estimate of drug-likeness (QED) is 0.565. The number of allylic oxidation sites excluding steroid dienone is 1. The molecule has 1 rings (SSSR count). The molecule has 2 nitrogen and oxygen atoms in total. The number of ether oxygens (including phenoxy) is 1. The van der Waals surface area contributed by atoms with Crippen molar-refractivity contribution in [1.29, 1.82) is 0 Å². The minimum absolute atomic E-state index is 0.0763. The van der Waals surface area contributed by atoms with Crippen molar-refractivity contribution in [2.24, 2.45) is 4.99 Å². The van der Waals surface area contributed by atoms with E-state index in [1.165, 1.54) is 6.40 Å². The highest BCUT2D eigenvalue weighted by atomic mass is 16.5. The molecular weight excluding hydrogens is 138 g/mol. The third-order valence-electron chi connectivity index (χ3n) is 1.59. The monoisotopic (exact) mass is 151 g/mol. The maximum absolute atomic E-state index is 5.21. The lowest BCUT2D eigenvalue weighted by Crippen LogP contribution is -2.16. The van der Waals surface area contributed by atoms with E-state index in [1.807, 2.05) is 6.08 Å². The van der Waals surface area contributed by atoms with Crippen molar-refractivity contribution >= 4 is 6.40 Å². The van der Waals surface area contributed by atoms with E-state index in [2.05, 4.69) is 24.6 Å². The fourth-order valence-corrected chi connectivity index (χ4v) is 0.965. The van der Waals surface area contributed by atoms with Crippen LogP contribution in [0.2, 0.25) is 0 Å². The topological polar surface area (TPSA) is 21.6 Å². The number of nitrogens with zero attached hydrogens (tertiary/aromatic N) is 1. The van der Waals surface area contributed by atoms with Gasteiger partial charge in [-0.15, -0.1) is 6.58 Å². The molecular formula is C9H13NO. The lowest BCUT2D eigenvalue weighted by molar-refractivity contribution is 0.266. The normalized spacial score (nSPS) is 29.2. The molecule has 2 heteroatoms. The molecule has 2 unspecified atom stereocenters. The summed E-state index contributed by atoms with van der Waals surface area (Å²) in [4.78, 5) is 4.07. The van der Waals surface area contributed by atoms with Crippen LogP contribution in [0.5, 0.6) is 0 Å². The zero-order chi connectivity index (χ0) is 8.10. The molecule has 0 aromatic rings. The highest BCUT2D eigenvalue weighted by Gasteiger charge is 2.19. The van der Waals surface area contributed by atoms with Gasteiger partial charge >= 0.3 is 0 Å². The SMILES string of the molecule is C=CC1N=COC1/C=C\CC. The predicted molar refractivity (Wildman–Crippen MR) is 46.8 cm³/mol. The molecule has 1 aliphatic rings. The standard InChI is InChI=1S/C9H13NO/c1-3-5-6-9-8(4-2)10-7-11-9/h4-9H,2-3H2,1H3/b6-5-. The van der Waals surface area contributed by atoms with Crippen molar-refractivity contribution in [3.63, 3.8) is 0 Å². The number of hydrogen-bond acceptors (Lipinski definition) is 2. The Morgan fingerprint density at radius 3 is 3.18 bits per heavy atom. The zero-order valence-electron chi connectivity index (χ0n) is 6.73. The third kappa shape index (κ3) is 1.93. The second kappa shape index (κ2) is 3.96. The minimum Gasteiger partial charge on any atom is -0.474 e. The van der Waals surface area contributed by atoms with Crippen LogP contribution in [0.1, 0.15) is 13.3 Å². The van der Waals surface area contributed by atoms with Crippen LogP contribution < -0.4 is 0 Å². The Kier molecular flexibility index (Phi) is 2.90. The molecule has 2 atom stereocenters. The van der Waals surface area contributed by atoms with Gasteiger partial charge in [0.1, 0.15) is 12.1 Å². The maximum Gasteiger partial charge on any atom is 0.171 e. The molecule has 0 radical (unpaired) electrons. The lowest BCUT2D eigenvalue weighted by atomic mass is 10.1. The van der Waals surface area contributed by atoms with E-state index in [-0.39, 0.29) is 12.1 Å². The Bertz CT molecular complexity index is 184. The lowest BCUT2D eigenvalue weighted by Gasteiger charge is -2.07. The van der Waals surface area contributed by atoms with Gasteiger partial charge in [0.25, 0.3) is 0 Å².